The summed E-state index contributed by atoms with van der Waals surface area (Å²) in [5.74, 6) is 4.32. The molecule has 0 radical (unpaired) electrons. The molecule has 1 aromatic carbocycles. The second-order valence-electron chi connectivity index (χ2n) is 6.07. The summed E-state index contributed by atoms with van der Waals surface area (Å²) in [7, 11) is 0. The zero-order valence-electron chi connectivity index (χ0n) is 12.5. The summed E-state index contributed by atoms with van der Waals surface area (Å²) in [5, 5.41) is 1.68. The van der Waals surface area contributed by atoms with E-state index in [2.05, 4.69) is 5.43 Å². The average Bonchev–Trinajstić information content (AvgIpc) is 2.44. The zero-order valence-corrected chi connectivity index (χ0v) is 13.2. The summed E-state index contributed by atoms with van der Waals surface area (Å²) in [6, 6.07) is 4.33. The topological polar surface area (TPSA) is 95.7 Å². The maximum absolute atomic E-state index is 12.5. The summed E-state index contributed by atoms with van der Waals surface area (Å²) in [6.45, 7) is 5.41. The normalized spacial score (nSPS) is 19.6. The molecule has 0 spiro atoms. The third-order valence-electron chi connectivity index (χ3n) is 3.30. The van der Waals surface area contributed by atoms with Crippen molar-refractivity contribution in [3.05, 3.63) is 34.9 Å². The number of nitrogens with two attached hydrogens (primary N) is 1. The predicted octanol–water partition coefficient (Wildman–Crippen LogP) is 1.54. The second kappa shape index (κ2) is 5.68. The number of halogens is 1. The molecular formula is C14H17ClN4O3. The molecule has 7 nitrogen and oxygen atoms in total. The van der Waals surface area contributed by atoms with Gasteiger partial charge in [-0.1, -0.05) is 32.4 Å². The van der Waals surface area contributed by atoms with Crippen molar-refractivity contribution in [2.24, 2.45) is 11.3 Å². The predicted molar refractivity (Wildman–Crippen MR) is 80.4 cm³/mol. The van der Waals surface area contributed by atoms with Crippen molar-refractivity contribution in [1.29, 1.82) is 0 Å². The van der Waals surface area contributed by atoms with Crippen LogP contribution in [0.4, 0.5) is 4.79 Å². The number of hydrogen-bond donors (Lipinski definition) is 2. The van der Waals surface area contributed by atoms with E-state index in [0.717, 1.165) is 5.01 Å². The Bertz CT molecular complexity index is 624. The van der Waals surface area contributed by atoms with Gasteiger partial charge in [-0.3, -0.25) is 9.59 Å². The molecule has 1 aliphatic heterocycles. The van der Waals surface area contributed by atoms with Gasteiger partial charge in [0, 0.05) is 10.6 Å². The van der Waals surface area contributed by atoms with Crippen molar-refractivity contribution in [2.45, 2.75) is 26.8 Å². The van der Waals surface area contributed by atoms with E-state index in [1.54, 1.807) is 20.8 Å². The number of imide groups is 2. The van der Waals surface area contributed by atoms with Crippen LogP contribution in [0.3, 0.4) is 0 Å². The highest BCUT2D eigenvalue weighted by atomic mass is 35.5. The first-order valence-corrected chi connectivity index (χ1v) is 6.99. The Morgan fingerprint density at radius 1 is 1.23 bits per heavy atom. The van der Waals surface area contributed by atoms with Gasteiger partial charge in [0.1, 0.15) is 6.04 Å². The first-order valence-electron chi connectivity index (χ1n) is 6.61. The SMILES string of the molecule is CC(C)(C)C1NN(C(=O)c2ccc(Cl)cc2)C(=O)N(N)C1=O. The lowest BCUT2D eigenvalue weighted by Gasteiger charge is -2.40. The highest BCUT2D eigenvalue weighted by Crippen LogP contribution is 2.24. The Kier molecular flexibility index (Phi) is 4.23. The maximum atomic E-state index is 12.5. The van der Waals surface area contributed by atoms with Crippen molar-refractivity contribution in [1.82, 2.24) is 15.4 Å². The summed E-state index contributed by atoms with van der Waals surface area (Å²) in [4.78, 5) is 36.6. The number of urea groups is 1. The van der Waals surface area contributed by atoms with Crippen LogP contribution in [-0.2, 0) is 4.79 Å². The molecule has 118 valence electrons. The molecule has 8 heteroatoms. The molecular weight excluding hydrogens is 308 g/mol. The highest BCUT2D eigenvalue weighted by molar-refractivity contribution is 6.30. The third-order valence-corrected chi connectivity index (χ3v) is 3.55. The summed E-state index contributed by atoms with van der Waals surface area (Å²) < 4.78 is 0. The van der Waals surface area contributed by atoms with Gasteiger partial charge in [-0.2, -0.15) is 10.0 Å². The molecule has 0 aromatic heterocycles. The Balaban J connectivity index is 2.33. The van der Waals surface area contributed by atoms with Crippen LogP contribution in [0.25, 0.3) is 0 Å². The fourth-order valence-corrected chi connectivity index (χ4v) is 2.14. The molecule has 0 bridgehead atoms. The van der Waals surface area contributed by atoms with Crippen LogP contribution >= 0.6 is 11.6 Å². The zero-order chi connectivity index (χ0) is 16.7. The molecule has 1 unspecified atom stereocenters. The Morgan fingerprint density at radius 3 is 2.27 bits per heavy atom. The monoisotopic (exact) mass is 324 g/mol. The lowest BCUT2D eigenvalue weighted by Crippen LogP contribution is -2.71. The molecule has 1 aromatic rings. The van der Waals surface area contributed by atoms with Gasteiger partial charge < -0.3 is 0 Å². The number of amides is 4. The van der Waals surface area contributed by atoms with E-state index < -0.39 is 29.3 Å². The van der Waals surface area contributed by atoms with E-state index in [4.69, 9.17) is 17.4 Å². The van der Waals surface area contributed by atoms with Crippen LogP contribution in [0.2, 0.25) is 5.02 Å². The van der Waals surface area contributed by atoms with Crippen LogP contribution in [-0.4, -0.2) is 33.9 Å². The number of carbonyl (C=O) groups excluding carboxylic acids is 3. The number of nitrogens with one attached hydrogen (secondary N) is 1. The molecule has 0 aliphatic carbocycles. The highest BCUT2D eigenvalue weighted by Gasteiger charge is 2.45. The summed E-state index contributed by atoms with van der Waals surface area (Å²) >= 11 is 5.78. The van der Waals surface area contributed by atoms with Gasteiger partial charge in [-0.05, 0) is 29.7 Å². The van der Waals surface area contributed by atoms with Crippen LogP contribution in [0.1, 0.15) is 31.1 Å². The molecule has 4 amide bonds. The van der Waals surface area contributed by atoms with E-state index in [1.807, 2.05) is 0 Å². The fourth-order valence-electron chi connectivity index (χ4n) is 2.01. The molecule has 1 aliphatic rings. The van der Waals surface area contributed by atoms with Crippen molar-refractivity contribution >= 4 is 29.4 Å². The maximum Gasteiger partial charge on any atom is 0.363 e. The molecule has 2 rings (SSSR count). The third kappa shape index (κ3) is 2.96. The van der Waals surface area contributed by atoms with Gasteiger partial charge in [-0.25, -0.2) is 16.1 Å². The number of hydrazine groups is 2. The van der Waals surface area contributed by atoms with E-state index in [9.17, 15) is 14.4 Å². The van der Waals surface area contributed by atoms with Crippen molar-refractivity contribution in [3.63, 3.8) is 0 Å². The molecule has 1 fully saturated rings. The lowest BCUT2D eigenvalue weighted by atomic mass is 9.86. The van der Waals surface area contributed by atoms with Crippen molar-refractivity contribution in [2.75, 3.05) is 0 Å². The smallest absolute Gasteiger partial charge is 0.271 e. The van der Waals surface area contributed by atoms with Crippen molar-refractivity contribution < 1.29 is 14.4 Å². The van der Waals surface area contributed by atoms with Gasteiger partial charge in [0.15, 0.2) is 0 Å². The second-order valence-corrected chi connectivity index (χ2v) is 6.50. The minimum absolute atomic E-state index is 0.251. The summed E-state index contributed by atoms with van der Waals surface area (Å²) in [6.07, 6.45) is 0. The van der Waals surface area contributed by atoms with Crippen molar-refractivity contribution in [3.8, 4) is 0 Å². The minimum Gasteiger partial charge on any atom is -0.271 e. The molecule has 1 heterocycles. The minimum atomic E-state index is -0.926. The summed E-state index contributed by atoms with van der Waals surface area (Å²) in [5.41, 5.74) is 2.38. The van der Waals surface area contributed by atoms with Gasteiger partial charge >= 0.3 is 6.03 Å². The molecule has 1 atom stereocenters. The first kappa shape index (κ1) is 16.4. The Hall–Kier alpha value is -1.96. The Morgan fingerprint density at radius 2 is 1.77 bits per heavy atom. The fraction of sp³-hybridized carbons (Fsp3) is 0.357. The largest absolute Gasteiger partial charge is 0.363 e. The Labute approximate surface area is 132 Å². The van der Waals surface area contributed by atoms with E-state index in [1.165, 1.54) is 24.3 Å². The van der Waals surface area contributed by atoms with E-state index in [0.29, 0.717) is 10.0 Å². The molecule has 0 saturated carbocycles. The number of rotatable bonds is 1. The molecule has 1 saturated heterocycles. The number of benzene rings is 1. The standard InChI is InChI=1S/C14H17ClN4O3/c1-14(2,3)10-12(21)18(16)13(22)19(17-10)11(20)8-4-6-9(15)7-5-8/h4-7,10,17H,16H2,1-3H3. The van der Waals surface area contributed by atoms with Gasteiger partial charge in [0.25, 0.3) is 11.8 Å². The van der Waals surface area contributed by atoms with Crippen LogP contribution in [0.5, 0.6) is 0 Å². The number of carbonyl (C=O) groups is 3. The lowest BCUT2D eigenvalue weighted by molar-refractivity contribution is -0.138. The van der Waals surface area contributed by atoms with Gasteiger partial charge in [0.05, 0.1) is 0 Å². The van der Waals surface area contributed by atoms with Gasteiger partial charge in [0.2, 0.25) is 0 Å². The van der Waals surface area contributed by atoms with Crippen LogP contribution in [0, 0.1) is 5.41 Å². The van der Waals surface area contributed by atoms with E-state index in [-0.39, 0.29) is 5.56 Å². The molecule has 22 heavy (non-hydrogen) atoms. The van der Waals surface area contributed by atoms with E-state index >= 15 is 0 Å². The molecule has 3 N–H and O–H groups in total. The number of hydrogen-bond acceptors (Lipinski definition) is 5. The quantitative estimate of drug-likeness (QED) is 0.603. The first-order chi connectivity index (χ1) is 10.1. The number of nitrogens with zero attached hydrogens (tertiary/aromatic N) is 2. The van der Waals surface area contributed by atoms with Gasteiger partial charge in [-0.15, -0.1) is 0 Å². The van der Waals surface area contributed by atoms with Crippen LogP contribution in [0.15, 0.2) is 24.3 Å². The average molecular weight is 325 g/mol. The van der Waals surface area contributed by atoms with Crippen LogP contribution < -0.4 is 11.3 Å².